The number of aromatic nitrogens is 1. The van der Waals surface area contributed by atoms with Gasteiger partial charge in [-0.3, -0.25) is 4.79 Å². The second-order valence-corrected chi connectivity index (χ2v) is 12.1. The van der Waals surface area contributed by atoms with Gasteiger partial charge in [-0.1, -0.05) is 30.2 Å². The molecule has 3 heterocycles. The Morgan fingerprint density at radius 1 is 1.11 bits per heavy atom. The molecule has 0 radical (unpaired) electrons. The molecule has 2 aliphatic heterocycles. The van der Waals surface area contributed by atoms with Crippen molar-refractivity contribution in [1.82, 2.24) is 15.2 Å². The van der Waals surface area contributed by atoms with Crippen LogP contribution in [0.5, 0.6) is 0 Å². The predicted molar refractivity (Wildman–Crippen MR) is 152 cm³/mol. The molecule has 3 fully saturated rings. The number of aliphatic hydroxyl groups is 1. The zero-order valence-corrected chi connectivity index (χ0v) is 23.2. The first kappa shape index (κ1) is 26.0. The van der Waals surface area contributed by atoms with Gasteiger partial charge in [-0.25, -0.2) is 0 Å². The van der Waals surface area contributed by atoms with E-state index in [0.29, 0.717) is 18.5 Å². The van der Waals surface area contributed by atoms with Gasteiger partial charge in [-0.15, -0.1) is 0 Å². The van der Waals surface area contributed by atoms with E-state index in [2.05, 4.69) is 86.2 Å². The van der Waals surface area contributed by atoms with Crippen molar-refractivity contribution in [3.8, 4) is 11.3 Å². The van der Waals surface area contributed by atoms with E-state index in [4.69, 9.17) is 0 Å². The lowest BCUT2D eigenvalue weighted by Gasteiger charge is -2.47. The molecule has 3 aliphatic rings. The fourth-order valence-electron chi connectivity index (χ4n) is 6.76. The first-order valence-corrected chi connectivity index (χ1v) is 14.1. The number of benzene rings is 2. The molecule has 198 valence electrons. The standard InChI is InChI=1S/C32H43N3O2/c1-20-14-21(2)16-24(15-20)30-29(22(3)18-33-12-13-36)27-17-25(8-11-28(27)34-30)32(4,5)31(37)35-19-23-6-9-26(35)10-7-23/h8,11,14-17,22-23,26,33-34,36H,6-7,9-10,12-13,18-19H2,1-5H3/t22-,23?,26?/m1/s1. The van der Waals surface area contributed by atoms with E-state index in [0.717, 1.165) is 42.7 Å². The van der Waals surface area contributed by atoms with Crippen LogP contribution in [0.2, 0.25) is 0 Å². The summed E-state index contributed by atoms with van der Waals surface area (Å²) in [6.45, 7) is 13.1. The molecule has 2 saturated heterocycles. The van der Waals surface area contributed by atoms with E-state index in [9.17, 15) is 9.90 Å². The third-order valence-electron chi connectivity index (χ3n) is 8.81. The summed E-state index contributed by atoms with van der Waals surface area (Å²) in [4.78, 5) is 19.8. The van der Waals surface area contributed by atoms with Crippen molar-refractivity contribution in [2.45, 2.75) is 77.7 Å². The monoisotopic (exact) mass is 501 g/mol. The third-order valence-corrected chi connectivity index (χ3v) is 8.81. The molecular weight excluding hydrogens is 458 g/mol. The summed E-state index contributed by atoms with van der Waals surface area (Å²) in [5, 5.41) is 13.9. The molecule has 3 N–H and O–H groups in total. The fraction of sp³-hybridized carbons (Fsp3) is 0.531. The number of hydrogen-bond donors (Lipinski definition) is 3. The largest absolute Gasteiger partial charge is 0.395 e. The van der Waals surface area contributed by atoms with Gasteiger partial charge in [0.25, 0.3) is 0 Å². The lowest BCUT2D eigenvalue weighted by molar-refractivity contribution is -0.144. The quantitative estimate of drug-likeness (QED) is 0.341. The number of hydrogen-bond acceptors (Lipinski definition) is 3. The number of amides is 1. The maximum absolute atomic E-state index is 13.9. The fourth-order valence-corrected chi connectivity index (χ4v) is 6.76. The molecule has 1 atom stereocenters. The molecule has 37 heavy (non-hydrogen) atoms. The van der Waals surface area contributed by atoms with Crippen LogP contribution in [-0.4, -0.2) is 53.2 Å². The number of aromatic amines is 1. The summed E-state index contributed by atoms with van der Waals surface area (Å²) in [7, 11) is 0. The van der Waals surface area contributed by atoms with Crippen LogP contribution in [0.4, 0.5) is 0 Å². The molecule has 1 saturated carbocycles. The van der Waals surface area contributed by atoms with E-state index in [1.54, 1.807) is 0 Å². The molecule has 3 aromatic rings. The summed E-state index contributed by atoms with van der Waals surface area (Å²) < 4.78 is 0. The van der Waals surface area contributed by atoms with E-state index in [-0.39, 0.29) is 18.4 Å². The Kier molecular flexibility index (Phi) is 7.21. The van der Waals surface area contributed by atoms with E-state index < -0.39 is 5.41 Å². The Bertz CT molecular complexity index is 1260. The highest BCUT2D eigenvalue weighted by atomic mass is 16.3. The van der Waals surface area contributed by atoms with Gasteiger partial charge >= 0.3 is 0 Å². The molecule has 0 unspecified atom stereocenters. The second-order valence-electron chi connectivity index (χ2n) is 12.1. The molecule has 5 nitrogen and oxygen atoms in total. The molecule has 0 spiro atoms. The minimum Gasteiger partial charge on any atom is -0.395 e. The summed E-state index contributed by atoms with van der Waals surface area (Å²) in [6.07, 6.45) is 4.87. The zero-order valence-electron chi connectivity index (χ0n) is 23.2. The maximum Gasteiger partial charge on any atom is 0.232 e. The SMILES string of the molecule is Cc1cc(C)cc(-c2[nH]c3ccc(C(C)(C)C(=O)N4CC5CCC4CC5)cc3c2[C@H](C)CNCCO)c1. The highest BCUT2D eigenvalue weighted by Crippen LogP contribution is 2.41. The van der Waals surface area contributed by atoms with Gasteiger partial charge in [0.1, 0.15) is 0 Å². The molecule has 1 aliphatic carbocycles. The average Bonchev–Trinajstić information content (AvgIpc) is 3.27. The summed E-state index contributed by atoms with van der Waals surface area (Å²) in [5.74, 6) is 1.17. The van der Waals surface area contributed by atoms with E-state index in [1.807, 2.05) is 0 Å². The minimum absolute atomic E-state index is 0.128. The van der Waals surface area contributed by atoms with Crippen LogP contribution in [0.15, 0.2) is 36.4 Å². The Morgan fingerprint density at radius 2 is 1.81 bits per heavy atom. The van der Waals surface area contributed by atoms with Crippen LogP contribution in [-0.2, 0) is 10.2 Å². The van der Waals surface area contributed by atoms with Crippen molar-refractivity contribution < 1.29 is 9.90 Å². The van der Waals surface area contributed by atoms with Crippen molar-refractivity contribution >= 4 is 16.8 Å². The topological polar surface area (TPSA) is 68.4 Å². The van der Waals surface area contributed by atoms with Crippen molar-refractivity contribution in [3.05, 3.63) is 58.7 Å². The Balaban J connectivity index is 1.57. The third kappa shape index (κ3) is 4.96. The molecule has 5 heteroatoms. The number of nitrogens with zero attached hydrogens (tertiary/aromatic N) is 1. The smallest absolute Gasteiger partial charge is 0.232 e. The van der Waals surface area contributed by atoms with Crippen molar-refractivity contribution in [2.75, 3.05) is 26.2 Å². The van der Waals surface area contributed by atoms with Crippen molar-refractivity contribution in [1.29, 1.82) is 0 Å². The number of carbonyl (C=O) groups excluding carboxylic acids is 1. The van der Waals surface area contributed by atoms with Gasteiger partial charge in [-0.2, -0.15) is 0 Å². The number of aryl methyl sites for hydroxylation is 2. The van der Waals surface area contributed by atoms with Gasteiger partial charge in [-0.05, 0) is 106 Å². The molecule has 1 aromatic heterocycles. The molecular formula is C32H43N3O2. The summed E-state index contributed by atoms with van der Waals surface area (Å²) in [6, 6.07) is 13.7. The van der Waals surface area contributed by atoms with Crippen LogP contribution < -0.4 is 5.32 Å². The minimum atomic E-state index is -0.585. The lowest BCUT2D eigenvalue weighted by Crippen LogP contribution is -2.55. The van der Waals surface area contributed by atoms with Crippen LogP contribution in [0, 0.1) is 19.8 Å². The van der Waals surface area contributed by atoms with E-state index in [1.165, 1.54) is 40.5 Å². The number of aliphatic hydroxyl groups excluding tert-OH is 1. The highest BCUT2D eigenvalue weighted by Gasteiger charge is 2.42. The molecule has 6 rings (SSSR count). The normalized spacial score (nSPS) is 20.5. The molecule has 1 amide bonds. The van der Waals surface area contributed by atoms with Gasteiger partial charge in [0.2, 0.25) is 5.91 Å². The van der Waals surface area contributed by atoms with Crippen LogP contribution in [0.3, 0.4) is 0 Å². The Labute approximate surface area is 221 Å². The average molecular weight is 502 g/mol. The maximum atomic E-state index is 13.9. The molecule has 2 bridgehead atoms. The highest BCUT2D eigenvalue weighted by molar-refractivity contribution is 5.94. The summed E-state index contributed by atoms with van der Waals surface area (Å²) >= 11 is 0. The first-order valence-electron chi connectivity index (χ1n) is 14.1. The van der Waals surface area contributed by atoms with Gasteiger partial charge < -0.3 is 20.3 Å². The van der Waals surface area contributed by atoms with Crippen LogP contribution in [0.25, 0.3) is 22.2 Å². The number of H-pyrrole nitrogens is 1. The number of nitrogens with one attached hydrogen (secondary N) is 2. The van der Waals surface area contributed by atoms with Gasteiger partial charge in [0, 0.05) is 36.6 Å². The van der Waals surface area contributed by atoms with Crippen molar-refractivity contribution in [3.63, 3.8) is 0 Å². The van der Waals surface area contributed by atoms with Crippen molar-refractivity contribution in [2.24, 2.45) is 5.92 Å². The first-order chi connectivity index (χ1) is 17.7. The van der Waals surface area contributed by atoms with Crippen LogP contribution >= 0.6 is 0 Å². The number of fused-ring (bicyclic) bond motifs is 4. The molecule has 2 aromatic carbocycles. The number of piperidine rings is 2. The van der Waals surface area contributed by atoms with Crippen LogP contribution in [0.1, 0.15) is 74.6 Å². The predicted octanol–water partition coefficient (Wildman–Crippen LogP) is 5.82. The Morgan fingerprint density at radius 3 is 2.43 bits per heavy atom. The number of carbonyl (C=O) groups is 1. The van der Waals surface area contributed by atoms with E-state index >= 15 is 0 Å². The lowest BCUT2D eigenvalue weighted by atomic mass is 9.76. The summed E-state index contributed by atoms with van der Waals surface area (Å²) in [5.41, 5.74) is 7.69. The Hall–Kier alpha value is -2.63. The van der Waals surface area contributed by atoms with Gasteiger partial charge in [0.05, 0.1) is 17.7 Å². The number of rotatable bonds is 8. The van der Waals surface area contributed by atoms with Gasteiger partial charge in [0.15, 0.2) is 0 Å². The zero-order chi connectivity index (χ0) is 26.3. The second kappa shape index (κ2) is 10.3.